The van der Waals surface area contributed by atoms with E-state index in [1.165, 1.54) is 70.6 Å². The summed E-state index contributed by atoms with van der Waals surface area (Å²) in [5.41, 5.74) is 5.72. The maximum absolute atomic E-state index is 11.5. The molecule has 0 aromatic carbocycles. The molecule has 0 rings (SSSR count). The van der Waals surface area contributed by atoms with Crippen LogP contribution in [0.3, 0.4) is 0 Å². The minimum atomic E-state index is -0.0958. The van der Waals surface area contributed by atoms with Gasteiger partial charge in [0.2, 0.25) is 0 Å². The number of allylic oxidation sites excluding steroid dienone is 2. The van der Waals surface area contributed by atoms with Gasteiger partial charge in [-0.25, -0.2) is 0 Å². The average Bonchev–Trinajstić information content (AvgIpc) is 2.62. The van der Waals surface area contributed by atoms with Crippen molar-refractivity contribution in [1.29, 1.82) is 0 Å². The van der Waals surface area contributed by atoms with E-state index in [2.05, 4.69) is 19.1 Å². The van der Waals surface area contributed by atoms with Gasteiger partial charge in [-0.2, -0.15) is 0 Å². The van der Waals surface area contributed by atoms with Crippen molar-refractivity contribution < 1.29 is 9.53 Å². The van der Waals surface area contributed by atoms with E-state index < -0.39 is 0 Å². The number of rotatable bonds is 18. The summed E-state index contributed by atoms with van der Waals surface area (Å²) in [4.78, 5) is 11.5. The summed E-state index contributed by atoms with van der Waals surface area (Å²) in [6.45, 7) is 4.63. The molecule has 3 nitrogen and oxygen atoms in total. The number of hydrogen-bond acceptors (Lipinski definition) is 3. The van der Waals surface area contributed by atoms with Gasteiger partial charge in [0, 0.05) is 12.5 Å². The van der Waals surface area contributed by atoms with E-state index in [0.29, 0.717) is 13.0 Å². The monoisotopic (exact) mass is 353 g/mol. The van der Waals surface area contributed by atoms with Crippen LogP contribution in [-0.2, 0) is 9.53 Å². The first-order valence-electron chi connectivity index (χ1n) is 10.8. The minimum Gasteiger partial charge on any atom is -0.464 e. The highest BCUT2D eigenvalue weighted by Crippen LogP contribution is 2.10. The number of nitrogens with two attached hydrogens (primary N) is 1. The van der Waals surface area contributed by atoms with Gasteiger partial charge in [0.05, 0.1) is 0 Å². The Bertz CT molecular complexity index is 315. The van der Waals surface area contributed by atoms with Crippen molar-refractivity contribution in [3.8, 4) is 0 Å². The first-order valence-corrected chi connectivity index (χ1v) is 10.8. The number of unbranched alkanes of at least 4 members (excludes halogenated alkanes) is 11. The van der Waals surface area contributed by atoms with E-state index in [0.717, 1.165) is 19.3 Å². The zero-order valence-corrected chi connectivity index (χ0v) is 16.9. The van der Waals surface area contributed by atoms with Gasteiger partial charge in [-0.3, -0.25) is 4.79 Å². The Hall–Kier alpha value is -0.830. The highest BCUT2D eigenvalue weighted by Gasteiger charge is 2.05. The smallest absolute Gasteiger partial charge is 0.305 e. The summed E-state index contributed by atoms with van der Waals surface area (Å²) >= 11 is 0. The van der Waals surface area contributed by atoms with Crippen molar-refractivity contribution >= 4 is 5.97 Å². The van der Waals surface area contributed by atoms with Gasteiger partial charge in [0.25, 0.3) is 0 Å². The van der Waals surface area contributed by atoms with Gasteiger partial charge in [0.15, 0.2) is 0 Å². The molecule has 0 aliphatic heterocycles. The molecule has 0 heterocycles. The largest absolute Gasteiger partial charge is 0.464 e. The molecule has 0 aromatic rings. The molecule has 148 valence electrons. The number of ether oxygens (including phenoxy) is 1. The summed E-state index contributed by atoms with van der Waals surface area (Å²) in [6.07, 6.45) is 22.6. The Labute approximate surface area is 156 Å². The van der Waals surface area contributed by atoms with Gasteiger partial charge in [-0.05, 0) is 38.5 Å². The Morgan fingerprint density at radius 2 is 1.36 bits per heavy atom. The molecular formula is C22H43NO2. The molecule has 1 unspecified atom stereocenters. The summed E-state index contributed by atoms with van der Waals surface area (Å²) < 4.78 is 5.14. The highest BCUT2D eigenvalue weighted by atomic mass is 16.5. The van der Waals surface area contributed by atoms with Crippen LogP contribution in [0.2, 0.25) is 0 Å². The van der Waals surface area contributed by atoms with E-state index in [4.69, 9.17) is 10.5 Å². The SMILES string of the molecule is CCCCCCCC/C=C\CCCCCCCC(=O)OCC(N)CC. The molecule has 0 aliphatic rings. The Kier molecular flexibility index (Phi) is 18.8. The Morgan fingerprint density at radius 3 is 1.92 bits per heavy atom. The van der Waals surface area contributed by atoms with Crippen molar-refractivity contribution in [3.63, 3.8) is 0 Å². The molecular weight excluding hydrogens is 310 g/mol. The van der Waals surface area contributed by atoms with E-state index >= 15 is 0 Å². The van der Waals surface area contributed by atoms with Crippen LogP contribution in [0.5, 0.6) is 0 Å². The molecule has 0 saturated heterocycles. The molecule has 0 radical (unpaired) electrons. The van der Waals surface area contributed by atoms with Crippen molar-refractivity contribution in [1.82, 2.24) is 0 Å². The fourth-order valence-electron chi connectivity index (χ4n) is 2.73. The second-order valence-corrected chi connectivity index (χ2v) is 7.19. The maximum Gasteiger partial charge on any atom is 0.305 e. The standard InChI is InChI=1S/C22H43NO2/c1-3-5-6-7-8-9-10-11-12-13-14-15-16-17-18-19-22(24)25-20-21(23)4-2/h11-12,21H,3-10,13-20,23H2,1-2H3/b12-11-. The van der Waals surface area contributed by atoms with Crippen LogP contribution >= 0.6 is 0 Å². The number of carbonyl (C=O) groups excluding carboxylic acids is 1. The normalized spacial score (nSPS) is 12.6. The van der Waals surface area contributed by atoms with Crippen LogP contribution in [-0.4, -0.2) is 18.6 Å². The lowest BCUT2D eigenvalue weighted by atomic mass is 10.1. The van der Waals surface area contributed by atoms with Crippen LogP contribution in [0.15, 0.2) is 12.2 Å². The van der Waals surface area contributed by atoms with Crippen molar-refractivity contribution in [2.75, 3.05) is 6.61 Å². The van der Waals surface area contributed by atoms with E-state index in [1.54, 1.807) is 0 Å². The van der Waals surface area contributed by atoms with Gasteiger partial charge in [-0.1, -0.05) is 77.4 Å². The van der Waals surface area contributed by atoms with Crippen molar-refractivity contribution in [2.24, 2.45) is 5.73 Å². The summed E-state index contributed by atoms with van der Waals surface area (Å²) in [5.74, 6) is -0.0958. The number of carbonyl (C=O) groups is 1. The van der Waals surface area contributed by atoms with Crippen LogP contribution in [0.25, 0.3) is 0 Å². The predicted molar refractivity (Wildman–Crippen MR) is 109 cm³/mol. The lowest BCUT2D eigenvalue weighted by molar-refractivity contribution is -0.144. The molecule has 0 spiro atoms. The van der Waals surface area contributed by atoms with E-state index in [9.17, 15) is 4.79 Å². The summed E-state index contributed by atoms with van der Waals surface area (Å²) in [7, 11) is 0. The lowest BCUT2D eigenvalue weighted by Gasteiger charge is -2.09. The first-order chi connectivity index (χ1) is 12.2. The third-order valence-corrected chi connectivity index (χ3v) is 4.63. The first kappa shape index (κ1) is 24.2. The molecule has 0 aliphatic carbocycles. The molecule has 25 heavy (non-hydrogen) atoms. The zero-order chi connectivity index (χ0) is 18.6. The third kappa shape index (κ3) is 19.3. The van der Waals surface area contributed by atoms with Gasteiger partial charge >= 0.3 is 5.97 Å². The average molecular weight is 354 g/mol. The van der Waals surface area contributed by atoms with Gasteiger partial charge in [-0.15, -0.1) is 0 Å². The van der Waals surface area contributed by atoms with E-state index in [1.807, 2.05) is 6.92 Å². The third-order valence-electron chi connectivity index (χ3n) is 4.63. The second kappa shape index (κ2) is 19.5. The van der Waals surface area contributed by atoms with Crippen LogP contribution in [0, 0.1) is 0 Å². The van der Waals surface area contributed by atoms with Crippen LogP contribution in [0.1, 0.15) is 110 Å². The molecule has 0 bridgehead atoms. The number of esters is 1. The molecule has 0 aromatic heterocycles. The van der Waals surface area contributed by atoms with E-state index in [-0.39, 0.29) is 12.0 Å². The Morgan fingerprint density at radius 1 is 0.840 bits per heavy atom. The zero-order valence-electron chi connectivity index (χ0n) is 16.9. The Balaban J connectivity index is 3.22. The predicted octanol–water partition coefficient (Wildman–Crippen LogP) is 6.30. The van der Waals surface area contributed by atoms with Crippen LogP contribution in [0.4, 0.5) is 0 Å². The summed E-state index contributed by atoms with van der Waals surface area (Å²) in [6, 6.07) is -0.0157. The van der Waals surface area contributed by atoms with Gasteiger partial charge in [0.1, 0.15) is 6.61 Å². The van der Waals surface area contributed by atoms with Crippen molar-refractivity contribution in [3.05, 3.63) is 12.2 Å². The molecule has 0 saturated carbocycles. The molecule has 0 fully saturated rings. The molecule has 2 N–H and O–H groups in total. The van der Waals surface area contributed by atoms with Gasteiger partial charge < -0.3 is 10.5 Å². The quantitative estimate of drug-likeness (QED) is 0.179. The van der Waals surface area contributed by atoms with Crippen LogP contribution < -0.4 is 5.73 Å². The lowest BCUT2D eigenvalue weighted by Crippen LogP contribution is -2.26. The fraction of sp³-hybridized carbons (Fsp3) is 0.864. The highest BCUT2D eigenvalue weighted by molar-refractivity contribution is 5.69. The molecule has 0 amide bonds. The number of hydrogen-bond donors (Lipinski definition) is 1. The second-order valence-electron chi connectivity index (χ2n) is 7.19. The summed E-state index contributed by atoms with van der Waals surface area (Å²) in [5, 5.41) is 0. The fourth-order valence-corrected chi connectivity index (χ4v) is 2.73. The topological polar surface area (TPSA) is 52.3 Å². The molecule has 3 heteroatoms. The van der Waals surface area contributed by atoms with Crippen molar-refractivity contribution in [2.45, 2.75) is 116 Å². The maximum atomic E-state index is 11.5. The molecule has 1 atom stereocenters. The minimum absolute atomic E-state index is 0.0157.